The van der Waals surface area contributed by atoms with Crippen molar-refractivity contribution in [1.82, 2.24) is 4.90 Å². The normalized spacial score (nSPS) is 23.4. The number of anilines is 1. The summed E-state index contributed by atoms with van der Waals surface area (Å²) in [4.78, 5) is 17.2. The minimum Gasteiger partial charge on any atom is -0.490 e. The summed E-state index contributed by atoms with van der Waals surface area (Å²) in [7, 11) is 1.75. The molecule has 4 aliphatic rings. The van der Waals surface area contributed by atoms with Crippen LogP contribution >= 0.6 is 0 Å². The van der Waals surface area contributed by atoms with Gasteiger partial charge in [0, 0.05) is 45.9 Å². The summed E-state index contributed by atoms with van der Waals surface area (Å²) in [5, 5.41) is 0. The summed E-state index contributed by atoms with van der Waals surface area (Å²) in [5.41, 5.74) is 4.67. The zero-order valence-electron chi connectivity index (χ0n) is 26.4. The third kappa shape index (κ3) is 8.33. The molecule has 0 unspecified atom stereocenters. The van der Waals surface area contributed by atoms with E-state index in [2.05, 4.69) is 47.4 Å². The molecule has 0 spiro atoms. The highest BCUT2D eigenvalue weighted by molar-refractivity contribution is 5.77. The predicted octanol–water partition coefficient (Wildman–Crippen LogP) is 5.71. The lowest BCUT2D eigenvalue weighted by Crippen LogP contribution is -2.40. The highest BCUT2D eigenvalue weighted by Gasteiger charge is 2.37. The SMILES string of the molecule is COCCCN1CCOc2ccc(CO[C@H]3CCC[C@@H](OCC(=O)N4CCCC4)[C@@H]3c3ccc(COCC4CC4)cc3)cc21. The molecule has 2 aliphatic heterocycles. The van der Waals surface area contributed by atoms with Gasteiger partial charge < -0.3 is 33.5 Å². The second kappa shape index (κ2) is 15.6. The van der Waals surface area contributed by atoms with Crippen molar-refractivity contribution in [3.63, 3.8) is 0 Å². The first-order chi connectivity index (χ1) is 21.7. The van der Waals surface area contributed by atoms with Crippen LogP contribution in [0.1, 0.15) is 74.0 Å². The maximum absolute atomic E-state index is 12.9. The number of hydrogen-bond donors (Lipinski definition) is 0. The van der Waals surface area contributed by atoms with Crippen molar-refractivity contribution in [2.75, 3.05) is 64.6 Å². The lowest BCUT2D eigenvalue weighted by Gasteiger charge is -2.38. The Hall–Kier alpha value is -2.65. The van der Waals surface area contributed by atoms with Gasteiger partial charge in [0.25, 0.3) is 0 Å². The minimum absolute atomic E-state index is 0.00214. The van der Waals surface area contributed by atoms with Crippen LogP contribution in [0.4, 0.5) is 5.69 Å². The molecule has 2 saturated carbocycles. The van der Waals surface area contributed by atoms with E-state index in [0.29, 0.717) is 19.8 Å². The monoisotopic (exact) mass is 606 g/mol. The number of amides is 1. The standard InChI is InChI=1S/C36H50N2O6/c1-40-20-5-18-37-19-21-42-32-15-12-29(22-31(32)37)25-43-33-6-4-7-34(44-26-35(39)38-16-2-3-17-38)36(33)30-13-10-28(11-14-30)24-41-23-27-8-9-27/h10-15,22,27,33-34,36H,2-9,16-21,23-26H2,1H3/t33-,34+,36+/m0/s1. The quantitative estimate of drug-likeness (QED) is 0.241. The van der Waals surface area contributed by atoms with Crippen molar-refractivity contribution in [1.29, 1.82) is 0 Å². The number of carbonyl (C=O) groups excluding carboxylic acids is 1. The van der Waals surface area contributed by atoms with Crippen molar-refractivity contribution < 1.29 is 28.5 Å². The number of rotatable bonds is 15. The van der Waals surface area contributed by atoms with Crippen molar-refractivity contribution in [2.45, 2.75) is 82.7 Å². The largest absolute Gasteiger partial charge is 0.490 e. The van der Waals surface area contributed by atoms with E-state index in [9.17, 15) is 4.79 Å². The molecule has 2 aromatic rings. The number of carbonyl (C=O) groups is 1. The second-order valence-electron chi connectivity index (χ2n) is 12.9. The Bertz CT molecular complexity index is 1200. The summed E-state index contributed by atoms with van der Waals surface area (Å²) in [6.07, 6.45) is 8.60. The van der Waals surface area contributed by atoms with Gasteiger partial charge in [0.1, 0.15) is 19.0 Å². The Kier molecular flexibility index (Phi) is 11.1. The Morgan fingerprint density at radius 3 is 2.43 bits per heavy atom. The number of likely N-dealkylation sites (tertiary alicyclic amines) is 1. The smallest absolute Gasteiger partial charge is 0.248 e. The number of benzene rings is 2. The van der Waals surface area contributed by atoms with Crippen LogP contribution in [0.3, 0.4) is 0 Å². The molecule has 2 aliphatic carbocycles. The zero-order valence-corrected chi connectivity index (χ0v) is 26.4. The summed E-state index contributed by atoms with van der Waals surface area (Å²) in [6, 6.07) is 15.2. The third-order valence-corrected chi connectivity index (χ3v) is 9.57. The van der Waals surface area contributed by atoms with E-state index in [4.69, 9.17) is 23.7 Å². The average molecular weight is 607 g/mol. The van der Waals surface area contributed by atoms with Crippen LogP contribution in [-0.2, 0) is 37.0 Å². The fraction of sp³-hybridized carbons (Fsp3) is 0.639. The highest BCUT2D eigenvalue weighted by atomic mass is 16.5. The van der Waals surface area contributed by atoms with E-state index >= 15 is 0 Å². The molecule has 0 radical (unpaired) electrons. The molecule has 8 heteroatoms. The van der Waals surface area contributed by atoms with Gasteiger partial charge in [-0.2, -0.15) is 0 Å². The lowest BCUT2D eigenvalue weighted by atomic mass is 9.79. The molecule has 0 aromatic heterocycles. The van der Waals surface area contributed by atoms with Crippen molar-refractivity contribution >= 4 is 11.6 Å². The van der Waals surface area contributed by atoms with Gasteiger partial charge in [0.15, 0.2) is 0 Å². The van der Waals surface area contributed by atoms with Crippen molar-refractivity contribution in [2.24, 2.45) is 5.92 Å². The van der Waals surface area contributed by atoms with Gasteiger partial charge in [0.05, 0.1) is 37.7 Å². The van der Waals surface area contributed by atoms with Gasteiger partial charge in [0.2, 0.25) is 5.91 Å². The van der Waals surface area contributed by atoms with Gasteiger partial charge in [-0.15, -0.1) is 0 Å². The molecule has 1 amide bonds. The Morgan fingerprint density at radius 1 is 0.886 bits per heavy atom. The molecule has 0 N–H and O–H groups in total. The van der Waals surface area contributed by atoms with Gasteiger partial charge in [-0.1, -0.05) is 30.3 Å². The van der Waals surface area contributed by atoms with Gasteiger partial charge >= 0.3 is 0 Å². The minimum atomic E-state index is -0.0644. The fourth-order valence-corrected chi connectivity index (χ4v) is 6.87. The predicted molar refractivity (Wildman–Crippen MR) is 170 cm³/mol. The van der Waals surface area contributed by atoms with Crippen LogP contribution in [0.5, 0.6) is 5.75 Å². The van der Waals surface area contributed by atoms with E-state index < -0.39 is 0 Å². The van der Waals surface area contributed by atoms with E-state index in [1.165, 1.54) is 24.0 Å². The number of methoxy groups -OCH3 is 1. The first kappa shape index (κ1) is 31.3. The molecule has 8 nitrogen and oxygen atoms in total. The van der Waals surface area contributed by atoms with Gasteiger partial charge in [-0.25, -0.2) is 0 Å². The van der Waals surface area contributed by atoms with Crippen LogP contribution in [0, 0.1) is 5.92 Å². The number of fused-ring (bicyclic) bond motifs is 1. The fourth-order valence-electron chi connectivity index (χ4n) is 6.87. The average Bonchev–Trinajstić information content (AvgIpc) is 3.71. The topological polar surface area (TPSA) is 69.7 Å². The maximum atomic E-state index is 12.9. The molecule has 2 aromatic carbocycles. The molecule has 6 rings (SSSR count). The first-order valence-electron chi connectivity index (χ1n) is 16.8. The molecule has 44 heavy (non-hydrogen) atoms. The van der Waals surface area contributed by atoms with Crippen LogP contribution < -0.4 is 9.64 Å². The number of nitrogens with zero attached hydrogens (tertiary/aromatic N) is 2. The lowest BCUT2D eigenvalue weighted by molar-refractivity contribution is -0.140. The Morgan fingerprint density at radius 2 is 1.66 bits per heavy atom. The van der Waals surface area contributed by atoms with Gasteiger partial charge in [-0.3, -0.25) is 4.79 Å². The molecular weight excluding hydrogens is 556 g/mol. The molecule has 3 fully saturated rings. The molecule has 0 bridgehead atoms. The zero-order chi connectivity index (χ0) is 30.1. The highest BCUT2D eigenvalue weighted by Crippen LogP contribution is 2.39. The van der Waals surface area contributed by atoms with Crippen molar-refractivity contribution in [3.05, 3.63) is 59.2 Å². The van der Waals surface area contributed by atoms with Crippen LogP contribution in [0.2, 0.25) is 0 Å². The summed E-state index contributed by atoms with van der Waals surface area (Å²) in [5.74, 6) is 1.86. The molecule has 3 atom stereocenters. The van der Waals surface area contributed by atoms with Crippen LogP contribution in [-0.4, -0.2) is 82.7 Å². The van der Waals surface area contributed by atoms with E-state index in [0.717, 1.165) is 101 Å². The number of hydrogen-bond acceptors (Lipinski definition) is 7. The first-order valence-corrected chi connectivity index (χ1v) is 16.8. The van der Waals surface area contributed by atoms with Gasteiger partial charge in [-0.05, 0) is 86.1 Å². The number of ether oxygens (including phenoxy) is 5. The second-order valence-corrected chi connectivity index (χ2v) is 12.9. The van der Waals surface area contributed by atoms with E-state index in [1.54, 1.807) is 7.11 Å². The van der Waals surface area contributed by atoms with E-state index in [-0.39, 0.29) is 30.6 Å². The third-order valence-electron chi connectivity index (χ3n) is 9.57. The molecule has 2 heterocycles. The van der Waals surface area contributed by atoms with Crippen LogP contribution in [0.15, 0.2) is 42.5 Å². The summed E-state index contributed by atoms with van der Waals surface area (Å²) < 4.78 is 30.4. The molecule has 1 saturated heterocycles. The summed E-state index contributed by atoms with van der Waals surface area (Å²) >= 11 is 0. The van der Waals surface area contributed by atoms with Crippen LogP contribution in [0.25, 0.3) is 0 Å². The van der Waals surface area contributed by atoms with E-state index in [1.807, 2.05) is 4.90 Å². The molecule has 240 valence electrons. The Labute approximate surface area is 262 Å². The molecular formula is C36H50N2O6. The van der Waals surface area contributed by atoms with Crippen molar-refractivity contribution in [3.8, 4) is 5.75 Å². The Balaban J connectivity index is 1.14. The summed E-state index contributed by atoms with van der Waals surface area (Å²) in [6.45, 7) is 7.14. The maximum Gasteiger partial charge on any atom is 0.248 e.